The molecule has 0 aliphatic carbocycles. The lowest BCUT2D eigenvalue weighted by atomic mass is 10.2. The highest BCUT2D eigenvalue weighted by molar-refractivity contribution is 5.81. The first-order valence-electron chi connectivity index (χ1n) is 6.31. The second kappa shape index (κ2) is 12.0. The summed E-state index contributed by atoms with van der Waals surface area (Å²) in [4.78, 5) is 32.1. The highest BCUT2D eigenvalue weighted by atomic mass is 16.6. The number of hydrogen-bond donors (Lipinski definition) is 3. The maximum atomic E-state index is 11.2. The number of ether oxygens (including phenoxy) is 3. The first kappa shape index (κ1) is 22.7. The van der Waals surface area contributed by atoms with Crippen molar-refractivity contribution in [2.24, 2.45) is 11.7 Å². The van der Waals surface area contributed by atoms with Gasteiger partial charge >= 0.3 is 12.1 Å². The van der Waals surface area contributed by atoms with Crippen LogP contribution in [0.1, 0.15) is 20.8 Å². The van der Waals surface area contributed by atoms with E-state index in [1.807, 2.05) is 0 Å². The van der Waals surface area contributed by atoms with E-state index < -0.39 is 17.7 Å². The van der Waals surface area contributed by atoms with Gasteiger partial charge in [0.05, 0.1) is 26.6 Å². The average molecular weight is 332 g/mol. The first-order valence-corrected chi connectivity index (χ1v) is 6.31. The van der Waals surface area contributed by atoms with E-state index in [0.29, 0.717) is 0 Å². The van der Waals surface area contributed by atoms with Crippen molar-refractivity contribution in [1.82, 2.24) is 9.78 Å². The van der Waals surface area contributed by atoms with Crippen molar-refractivity contribution in [3.63, 3.8) is 0 Å². The Labute approximate surface area is 133 Å². The van der Waals surface area contributed by atoms with Crippen LogP contribution < -0.4 is 17.2 Å². The number of esters is 1. The summed E-state index contributed by atoms with van der Waals surface area (Å²) in [6, 6.07) is 1.25. The van der Waals surface area contributed by atoms with Gasteiger partial charge in [0.15, 0.2) is 0 Å². The zero-order valence-corrected chi connectivity index (χ0v) is 13.9. The van der Waals surface area contributed by atoms with E-state index in [1.165, 1.54) is 38.8 Å². The van der Waals surface area contributed by atoms with Gasteiger partial charge in [-0.2, -0.15) is 4.68 Å². The normalized spacial score (nSPS) is 9.87. The van der Waals surface area contributed by atoms with Gasteiger partial charge in [-0.1, -0.05) is 0 Å². The fraction of sp³-hybridized carbons (Fsp3) is 0.462. The summed E-state index contributed by atoms with van der Waals surface area (Å²) < 4.78 is 14.7. The molecule has 23 heavy (non-hydrogen) atoms. The SMILES string of the molecule is CC(C)(C)OC(=O)n1ccc(=O)[nH]1.CO/C=C/C(=O)OC.NN. The third-order valence-electron chi connectivity index (χ3n) is 1.74. The molecule has 0 amide bonds. The number of carbonyl (C=O) groups excluding carboxylic acids is 2. The molecule has 0 unspecified atom stereocenters. The third kappa shape index (κ3) is 12.8. The number of nitrogens with zero attached hydrogens (tertiary/aromatic N) is 1. The van der Waals surface area contributed by atoms with Crippen LogP contribution in [0.4, 0.5) is 4.79 Å². The lowest BCUT2D eigenvalue weighted by Gasteiger charge is -2.18. The molecule has 0 aliphatic rings. The van der Waals surface area contributed by atoms with Crippen LogP contribution in [-0.4, -0.2) is 41.7 Å². The fourth-order valence-corrected chi connectivity index (χ4v) is 0.945. The molecule has 0 aliphatic heterocycles. The average Bonchev–Trinajstić information content (AvgIpc) is 2.92. The minimum absolute atomic E-state index is 0.328. The number of rotatable bonds is 2. The van der Waals surface area contributed by atoms with Gasteiger partial charge < -0.3 is 14.2 Å². The summed E-state index contributed by atoms with van der Waals surface area (Å²) in [5.41, 5.74) is -0.885. The van der Waals surface area contributed by atoms with Gasteiger partial charge in [-0.15, -0.1) is 0 Å². The number of carbonyl (C=O) groups is 2. The van der Waals surface area contributed by atoms with Crippen molar-refractivity contribution in [3.8, 4) is 0 Å². The molecule has 0 atom stereocenters. The summed E-state index contributed by atoms with van der Waals surface area (Å²) in [5, 5.41) is 2.28. The number of nitrogens with two attached hydrogens (primary N) is 2. The van der Waals surface area contributed by atoms with Crippen molar-refractivity contribution < 1.29 is 23.8 Å². The molecule has 1 aromatic rings. The topological polar surface area (TPSA) is 152 Å². The predicted octanol–water partition coefficient (Wildman–Crippen LogP) is 0.0979. The number of hydrazine groups is 1. The van der Waals surface area contributed by atoms with E-state index in [2.05, 4.69) is 26.3 Å². The number of hydrogen-bond acceptors (Lipinski definition) is 8. The number of nitrogens with one attached hydrogen (secondary N) is 1. The van der Waals surface area contributed by atoms with Crippen LogP contribution in [0.3, 0.4) is 0 Å². The van der Waals surface area contributed by atoms with Crippen molar-refractivity contribution in [2.45, 2.75) is 26.4 Å². The zero-order chi connectivity index (χ0) is 18.5. The number of H-pyrrole nitrogens is 1. The van der Waals surface area contributed by atoms with Crippen LogP contribution in [0.2, 0.25) is 0 Å². The van der Waals surface area contributed by atoms with Crippen molar-refractivity contribution in [1.29, 1.82) is 0 Å². The van der Waals surface area contributed by atoms with Crippen LogP contribution in [0.25, 0.3) is 0 Å². The van der Waals surface area contributed by atoms with Crippen molar-refractivity contribution in [3.05, 3.63) is 35.0 Å². The molecule has 5 N–H and O–H groups in total. The van der Waals surface area contributed by atoms with E-state index in [9.17, 15) is 14.4 Å². The molecule has 1 heterocycles. The molecule has 10 nitrogen and oxygen atoms in total. The molecule has 1 rings (SSSR count). The van der Waals surface area contributed by atoms with Crippen molar-refractivity contribution in [2.75, 3.05) is 14.2 Å². The van der Waals surface area contributed by atoms with Gasteiger partial charge in [-0.3, -0.25) is 21.6 Å². The quantitative estimate of drug-likeness (QED) is 0.227. The number of aromatic amines is 1. The number of aromatic nitrogens is 2. The minimum Gasteiger partial charge on any atom is -0.504 e. The molecule has 1 aromatic heterocycles. The Morgan fingerprint density at radius 1 is 1.26 bits per heavy atom. The van der Waals surface area contributed by atoms with Crippen LogP contribution >= 0.6 is 0 Å². The highest BCUT2D eigenvalue weighted by Crippen LogP contribution is 2.07. The van der Waals surface area contributed by atoms with E-state index in [-0.39, 0.29) is 5.56 Å². The highest BCUT2D eigenvalue weighted by Gasteiger charge is 2.17. The molecule has 0 aromatic carbocycles. The standard InChI is InChI=1S/C8H12N2O3.C5H8O3.H4N2/c1-8(2,3)13-7(12)10-5-4-6(11)9-10;1-7-4-3-5(6)8-2;1-2/h4-5H,1-3H3,(H,9,11);3-4H,1-2H3;1-2H2/b;4-3+;. The summed E-state index contributed by atoms with van der Waals surface area (Å²) in [6.45, 7) is 5.27. The Morgan fingerprint density at radius 3 is 2.17 bits per heavy atom. The Balaban J connectivity index is 0. The lowest BCUT2D eigenvalue weighted by Crippen LogP contribution is -2.28. The summed E-state index contributed by atoms with van der Waals surface area (Å²) in [5.74, 6) is 7.59. The molecular formula is C13H24N4O6. The van der Waals surface area contributed by atoms with Crippen molar-refractivity contribution >= 4 is 12.1 Å². The smallest absolute Gasteiger partial charge is 0.433 e. The predicted molar refractivity (Wildman–Crippen MR) is 83.2 cm³/mol. The Morgan fingerprint density at radius 2 is 1.83 bits per heavy atom. The summed E-state index contributed by atoms with van der Waals surface area (Å²) in [6.07, 6.45) is 3.19. The molecule has 0 radical (unpaired) electrons. The van der Waals surface area contributed by atoms with Gasteiger partial charge in [0, 0.05) is 12.3 Å². The zero-order valence-electron chi connectivity index (χ0n) is 13.9. The maximum Gasteiger partial charge on any atom is 0.433 e. The lowest BCUT2D eigenvalue weighted by molar-refractivity contribution is -0.134. The van der Waals surface area contributed by atoms with Gasteiger partial charge in [0.2, 0.25) is 0 Å². The first-order chi connectivity index (χ1) is 10.7. The van der Waals surface area contributed by atoms with Crippen LogP contribution in [-0.2, 0) is 19.0 Å². The third-order valence-corrected chi connectivity index (χ3v) is 1.74. The van der Waals surface area contributed by atoms with E-state index in [0.717, 1.165) is 4.68 Å². The van der Waals surface area contributed by atoms with Gasteiger partial charge in [0.1, 0.15) is 5.60 Å². The maximum absolute atomic E-state index is 11.2. The molecule has 132 valence electrons. The van der Waals surface area contributed by atoms with Crippen LogP contribution in [0, 0.1) is 0 Å². The van der Waals surface area contributed by atoms with Crippen LogP contribution in [0.15, 0.2) is 29.4 Å². The molecule has 0 saturated heterocycles. The van der Waals surface area contributed by atoms with E-state index >= 15 is 0 Å². The molecule has 0 saturated carbocycles. The molecular weight excluding hydrogens is 308 g/mol. The Kier molecular flexibility index (Phi) is 11.8. The Hall–Kier alpha value is -2.59. The molecule has 0 bridgehead atoms. The van der Waals surface area contributed by atoms with Gasteiger partial charge in [0.25, 0.3) is 5.56 Å². The number of methoxy groups -OCH3 is 2. The Bertz CT molecular complexity index is 541. The van der Waals surface area contributed by atoms with Crippen LogP contribution in [0.5, 0.6) is 0 Å². The second-order valence-corrected chi connectivity index (χ2v) is 4.70. The molecule has 10 heteroatoms. The minimum atomic E-state index is -0.588. The van der Waals surface area contributed by atoms with Gasteiger partial charge in [-0.05, 0) is 20.8 Å². The fourth-order valence-electron chi connectivity index (χ4n) is 0.945. The van der Waals surface area contributed by atoms with E-state index in [1.54, 1.807) is 20.8 Å². The molecule has 0 spiro atoms. The monoisotopic (exact) mass is 332 g/mol. The summed E-state index contributed by atoms with van der Waals surface area (Å²) in [7, 11) is 2.77. The molecule has 0 fully saturated rings. The van der Waals surface area contributed by atoms with E-state index in [4.69, 9.17) is 4.74 Å². The second-order valence-electron chi connectivity index (χ2n) is 4.70. The summed E-state index contributed by atoms with van der Waals surface area (Å²) >= 11 is 0. The van der Waals surface area contributed by atoms with Gasteiger partial charge in [-0.25, -0.2) is 9.59 Å². The largest absolute Gasteiger partial charge is 0.504 e.